The van der Waals surface area contributed by atoms with E-state index in [1.165, 1.54) is 12.1 Å². The van der Waals surface area contributed by atoms with Gasteiger partial charge in [0.05, 0.1) is 17.1 Å². The summed E-state index contributed by atoms with van der Waals surface area (Å²) in [6.07, 6.45) is 3.06. The molecule has 100 valence electrons. The summed E-state index contributed by atoms with van der Waals surface area (Å²) in [5.74, 6) is 1.05. The standard InChI is InChI=1S/C12H20N4O2/c1-4-6-9(5-2)14-12-8-10(16(17)18)7-11(13-3)15-12/h7-9H,4-6H2,1-3H3,(H2,13,14,15). The fourth-order valence-electron chi connectivity index (χ4n) is 1.76. The Balaban J connectivity index is 2.93. The molecule has 0 saturated heterocycles. The molecule has 0 aliphatic carbocycles. The number of nitro groups is 1. The van der Waals surface area contributed by atoms with Crippen LogP contribution in [0.3, 0.4) is 0 Å². The summed E-state index contributed by atoms with van der Waals surface area (Å²) in [5, 5.41) is 16.9. The van der Waals surface area contributed by atoms with E-state index >= 15 is 0 Å². The molecule has 0 fully saturated rings. The summed E-state index contributed by atoms with van der Waals surface area (Å²) in [5.41, 5.74) is 0.0446. The molecule has 0 aromatic carbocycles. The van der Waals surface area contributed by atoms with Gasteiger partial charge >= 0.3 is 0 Å². The number of hydrogen-bond acceptors (Lipinski definition) is 5. The molecule has 6 heteroatoms. The van der Waals surface area contributed by atoms with E-state index in [4.69, 9.17) is 0 Å². The van der Waals surface area contributed by atoms with Crippen LogP contribution in [0.15, 0.2) is 12.1 Å². The topological polar surface area (TPSA) is 80.1 Å². The van der Waals surface area contributed by atoms with Crippen LogP contribution in [0.2, 0.25) is 0 Å². The molecule has 6 nitrogen and oxygen atoms in total. The van der Waals surface area contributed by atoms with Gasteiger partial charge in [0.1, 0.15) is 11.6 Å². The summed E-state index contributed by atoms with van der Waals surface area (Å²) in [6, 6.07) is 3.19. The summed E-state index contributed by atoms with van der Waals surface area (Å²) < 4.78 is 0. The molecule has 0 spiro atoms. The number of rotatable bonds is 7. The van der Waals surface area contributed by atoms with Crippen molar-refractivity contribution in [3.63, 3.8) is 0 Å². The number of nitrogens with zero attached hydrogens (tertiary/aromatic N) is 2. The van der Waals surface area contributed by atoms with E-state index in [0.717, 1.165) is 19.3 Å². The minimum absolute atomic E-state index is 0.0446. The van der Waals surface area contributed by atoms with Gasteiger partial charge in [0.2, 0.25) is 0 Å². The molecule has 0 aliphatic rings. The minimum atomic E-state index is -0.408. The van der Waals surface area contributed by atoms with Crippen LogP contribution >= 0.6 is 0 Å². The molecule has 1 aromatic heterocycles. The second-order valence-electron chi connectivity index (χ2n) is 4.14. The number of pyridine rings is 1. The second-order valence-corrected chi connectivity index (χ2v) is 4.14. The van der Waals surface area contributed by atoms with Gasteiger partial charge in [-0.05, 0) is 12.8 Å². The average Bonchev–Trinajstić information content (AvgIpc) is 2.37. The lowest BCUT2D eigenvalue weighted by atomic mass is 10.1. The van der Waals surface area contributed by atoms with E-state index in [9.17, 15) is 10.1 Å². The van der Waals surface area contributed by atoms with E-state index in [1.807, 2.05) is 0 Å². The third-order valence-corrected chi connectivity index (χ3v) is 2.76. The normalized spacial score (nSPS) is 11.9. The average molecular weight is 252 g/mol. The van der Waals surface area contributed by atoms with Gasteiger partial charge in [0.25, 0.3) is 5.69 Å². The molecule has 0 saturated carbocycles. The highest BCUT2D eigenvalue weighted by atomic mass is 16.6. The van der Waals surface area contributed by atoms with Crippen molar-refractivity contribution in [2.24, 2.45) is 0 Å². The van der Waals surface area contributed by atoms with Gasteiger partial charge in [-0.3, -0.25) is 10.1 Å². The van der Waals surface area contributed by atoms with Crippen LogP contribution in [-0.4, -0.2) is 23.0 Å². The Bertz CT molecular complexity index is 409. The van der Waals surface area contributed by atoms with Gasteiger partial charge in [0.15, 0.2) is 0 Å². The van der Waals surface area contributed by atoms with Crippen molar-refractivity contribution in [3.05, 3.63) is 22.2 Å². The van der Waals surface area contributed by atoms with Crippen LogP contribution in [0.5, 0.6) is 0 Å². The van der Waals surface area contributed by atoms with Crippen molar-refractivity contribution in [1.82, 2.24) is 4.98 Å². The maximum atomic E-state index is 10.8. The highest BCUT2D eigenvalue weighted by molar-refractivity contribution is 5.54. The van der Waals surface area contributed by atoms with Crippen molar-refractivity contribution < 1.29 is 4.92 Å². The summed E-state index contributed by atoms with van der Waals surface area (Å²) in [7, 11) is 1.69. The number of aromatic nitrogens is 1. The molecule has 18 heavy (non-hydrogen) atoms. The lowest BCUT2D eigenvalue weighted by Gasteiger charge is -2.17. The zero-order chi connectivity index (χ0) is 13.5. The molecule has 0 radical (unpaired) electrons. The third-order valence-electron chi connectivity index (χ3n) is 2.76. The molecule has 1 rings (SSSR count). The van der Waals surface area contributed by atoms with Crippen LogP contribution in [-0.2, 0) is 0 Å². The van der Waals surface area contributed by atoms with Gasteiger partial charge in [-0.15, -0.1) is 0 Å². The fourth-order valence-corrected chi connectivity index (χ4v) is 1.76. The summed E-state index contributed by atoms with van der Waals surface area (Å²) in [4.78, 5) is 14.7. The first-order chi connectivity index (χ1) is 8.60. The smallest absolute Gasteiger partial charge is 0.276 e. The van der Waals surface area contributed by atoms with Crippen molar-refractivity contribution in [1.29, 1.82) is 0 Å². The highest BCUT2D eigenvalue weighted by Crippen LogP contribution is 2.21. The van der Waals surface area contributed by atoms with Gasteiger partial charge in [-0.25, -0.2) is 4.98 Å². The molecule has 0 bridgehead atoms. The van der Waals surface area contributed by atoms with E-state index < -0.39 is 4.92 Å². The Labute approximate surface area is 107 Å². The lowest BCUT2D eigenvalue weighted by molar-refractivity contribution is -0.384. The zero-order valence-electron chi connectivity index (χ0n) is 11.1. The summed E-state index contributed by atoms with van der Waals surface area (Å²) >= 11 is 0. The van der Waals surface area contributed by atoms with E-state index in [0.29, 0.717) is 17.7 Å². The van der Waals surface area contributed by atoms with Crippen LogP contribution in [0, 0.1) is 10.1 Å². The molecule has 0 aliphatic heterocycles. The molecular weight excluding hydrogens is 232 g/mol. The highest BCUT2D eigenvalue weighted by Gasteiger charge is 2.12. The first-order valence-corrected chi connectivity index (χ1v) is 6.21. The quantitative estimate of drug-likeness (QED) is 0.576. The molecule has 1 atom stereocenters. The molecule has 1 unspecified atom stereocenters. The SMILES string of the molecule is CCCC(CC)Nc1cc([N+](=O)[O-])cc(NC)n1. The third kappa shape index (κ3) is 3.87. The maximum Gasteiger partial charge on any atom is 0.276 e. The predicted molar refractivity (Wildman–Crippen MR) is 73.0 cm³/mol. The van der Waals surface area contributed by atoms with Crippen LogP contribution in [0.25, 0.3) is 0 Å². The molecule has 0 amide bonds. The monoisotopic (exact) mass is 252 g/mol. The van der Waals surface area contributed by atoms with Crippen molar-refractivity contribution >= 4 is 17.3 Å². The minimum Gasteiger partial charge on any atom is -0.373 e. The Morgan fingerprint density at radius 1 is 1.39 bits per heavy atom. The Morgan fingerprint density at radius 3 is 2.56 bits per heavy atom. The Kier molecular flexibility index (Phi) is 5.35. The predicted octanol–water partition coefficient (Wildman–Crippen LogP) is 3.02. The first-order valence-electron chi connectivity index (χ1n) is 6.21. The molecular formula is C12H20N4O2. The largest absolute Gasteiger partial charge is 0.373 e. The van der Waals surface area contributed by atoms with Crippen LogP contribution in [0.1, 0.15) is 33.1 Å². The second kappa shape index (κ2) is 6.78. The van der Waals surface area contributed by atoms with Gasteiger partial charge in [-0.2, -0.15) is 0 Å². The fraction of sp³-hybridized carbons (Fsp3) is 0.583. The van der Waals surface area contributed by atoms with Crippen LogP contribution in [0.4, 0.5) is 17.3 Å². The number of hydrogen-bond donors (Lipinski definition) is 2. The van der Waals surface area contributed by atoms with Crippen molar-refractivity contribution in [2.45, 2.75) is 39.2 Å². The maximum absolute atomic E-state index is 10.8. The van der Waals surface area contributed by atoms with Crippen molar-refractivity contribution in [3.8, 4) is 0 Å². The number of nitrogens with one attached hydrogen (secondary N) is 2. The van der Waals surface area contributed by atoms with Crippen LogP contribution < -0.4 is 10.6 Å². The molecule has 2 N–H and O–H groups in total. The Hall–Kier alpha value is -1.85. The van der Waals surface area contributed by atoms with E-state index in [1.54, 1.807) is 7.05 Å². The lowest BCUT2D eigenvalue weighted by Crippen LogP contribution is -2.19. The zero-order valence-corrected chi connectivity index (χ0v) is 11.1. The number of anilines is 2. The van der Waals surface area contributed by atoms with E-state index in [-0.39, 0.29) is 5.69 Å². The summed E-state index contributed by atoms with van der Waals surface area (Å²) in [6.45, 7) is 4.20. The van der Waals surface area contributed by atoms with Gasteiger partial charge in [-0.1, -0.05) is 20.3 Å². The van der Waals surface area contributed by atoms with E-state index in [2.05, 4.69) is 29.5 Å². The molecule has 1 aromatic rings. The van der Waals surface area contributed by atoms with Gasteiger partial charge < -0.3 is 10.6 Å². The first kappa shape index (κ1) is 14.2. The molecule has 1 heterocycles. The Morgan fingerprint density at radius 2 is 2.06 bits per heavy atom. The van der Waals surface area contributed by atoms with Crippen molar-refractivity contribution in [2.75, 3.05) is 17.7 Å². The van der Waals surface area contributed by atoms with Gasteiger partial charge in [0, 0.05) is 13.1 Å².